The van der Waals surface area contributed by atoms with Crippen LogP contribution < -0.4 is 10.6 Å². The molecule has 0 aromatic rings. The maximum Gasteiger partial charge on any atom is 0.296 e. The number of piperazine rings is 1. The molecule has 0 saturated carbocycles. The van der Waals surface area contributed by atoms with Gasteiger partial charge in [-0.2, -0.15) is 4.99 Å². The van der Waals surface area contributed by atoms with E-state index in [0.717, 1.165) is 43.0 Å². The number of nitrogens with zero attached hydrogens (tertiary/aromatic N) is 2. The van der Waals surface area contributed by atoms with Crippen LogP contribution >= 0.6 is 12.2 Å². The molecule has 0 aromatic carbocycles. The standard InChI is InChI=1S/C14H16N4OS/c19-13-11(9-10-3-1-2-4-12(10)20)16-14(17-13)18-7-5-15-6-8-18/h1-3,9,15H,4-8H2,(H,16,17,19). The van der Waals surface area contributed by atoms with Crippen molar-refractivity contribution in [1.29, 1.82) is 0 Å². The Morgan fingerprint density at radius 1 is 1.35 bits per heavy atom. The van der Waals surface area contributed by atoms with Crippen LogP contribution in [0.3, 0.4) is 0 Å². The molecule has 0 atom stereocenters. The molecule has 1 saturated heterocycles. The summed E-state index contributed by atoms with van der Waals surface area (Å²) in [7, 11) is 0. The smallest absolute Gasteiger partial charge is 0.296 e. The predicted molar refractivity (Wildman–Crippen MR) is 82.5 cm³/mol. The Hall–Kier alpha value is -1.79. The van der Waals surface area contributed by atoms with Gasteiger partial charge in [0.05, 0.1) is 0 Å². The van der Waals surface area contributed by atoms with Crippen LogP contribution in [0.25, 0.3) is 0 Å². The molecule has 0 radical (unpaired) electrons. The van der Waals surface area contributed by atoms with Gasteiger partial charge in [0.1, 0.15) is 5.70 Å². The van der Waals surface area contributed by atoms with Crippen LogP contribution in [0, 0.1) is 0 Å². The van der Waals surface area contributed by atoms with Gasteiger partial charge in [-0.25, -0.2) is 0 Å². The van der Waals surface area contributed by atoms with Gasteiger partial charge in [-0.15, -0.1) is 0 Å². The second-order valence-corrected chi connectivity index (χ2v) is 5.33. The number of carbonyl (C=O) groups excluding carboxylic acids is 1. The summed E-state index contributed by atoms with van der Waals surface area (Å²) in [6, 6.07) is 0. The van der Waals surface area contributed by atoms with E-state index >= 15 is 0 Å². The van der Waals surface area contributed by atoms with Crippen LogP contribution in [0.4, 0.5) is 0 Å². The van der Waals surface area contributed by atoms with Crippen molar-refractivity contribution in [2.75, 3.05) is 26.2 Å². The average molecular weight is 288 g/mol. The van der Waals surface area contributed by atoms with Crippen molar-refractivity contribution in [3.05, 3.63) is 35.6 Å². The van der Waals surface area contributed by atoms with Gasteiger partial charge in [0.25, 0.3) is 5.91 Å². The minimum atomic E-state index is -0.225. The summed E-state index contributed by atoms with van der Waals surface area (Å²) in [6.45, 7) is 3.54. The van der Waals surface area contributed by atoms with E-state index in [4.69, 9.17) is 12.2 Å². The summed E-state index contributed by atoms with van der Waals surface area (Å²) in [5.74, 6) is 0.428. The van der Waals surface area contributed by atoms with E-state index in [2.05, 4.69) is 20.5 Å². The van der Waals surface area contributed by atoms with E-state index in [9.17, 15) is 4.79 Å². The topological polar surface area (TPSA) is 56.7 Å². The van der Waals surface area contributed by atoms with Crippen LogP contribution in [0.1, 0.15) is 6.42 Å². The molecule has 0 bridgehead atoms. The number of amides is 1. The number of aliphatic imine (C=N–C) groups is 1. The molecular formula is C14H16N4OS. The molecule has 3 rings (SSSR count). The number of hydrogen-bond donors (Lipinski definition) is 2. The SMILES string of the molecule is O=C1N=C(N2CCNCC2)NC1=CC1=CC=CCC1=S. The first-order valence-corrected chi connectivity index (χ1v) is 7.12. The van der Waals surface area contributed by atoms with Crippen molar-refractivity contribution in [1.82, 2.24) is 15.5 Å². The zero-order valence-corrected chi connectivity index (χ0v) is 11.9. The maximum absolute atomic E-state index is 12.0. The summed E-state index contributed by atoms with van der Waals surface area (Å²) >= 11 is 5.30. The van der Waals surface area contributed by atoms with Gasteiger partial charge in [0.2, 0.25) is 5.96 Å². The summed E-state index contributed by atoms with van der Waals surface area (Å²) < 4.78 is 0. The minimum Gasteiger partial charge on any atom is -0.340 e. The number of nitrogens with one attached hydrogen (secondary N) is 2. The van der Waals surface area contributed by atoms with Gasteiger partial charge < -0.3 is 15.5 Å². The van der Waals surface area contributed by atoms with Crippen molar-refractivity contribution in [2.45, 2.75) is 6.42 Å². The molecule has 2 N–H and O–H groups in total. The lowest BCUT2D eigenvalue weighted by Gasteiger charge is -2.28. The molecule has 2 aliphatic heterocycles. The third-order valence-corrected chi connectivity index (χ3v) is 3.84. The van der Waals surface area contributed by atoms with Crippen LogP contribution in [-0.4, -0.2) is 47.8 Å². The first kappa shape index (κ1) is 13.2. The molecule has 6 heteroatoms. The van der Waals surface area contributed by atoms with Gasteiger partial charge in [-0.1, -0.05) is 30.4 Å². The quantitative estimate of drug-likeness (QED) is 0.544. The van der Waals surface area contributed by atoms with Gasteiger partial charge >= 0.3 is 0 Å². The van der Waals surface area contributed by atoms with Gasteiger partial charge in [0, 0.05) is 37.5 Å². The predicted octanol–water partition coefficient (Wildman–Crippen LogP) is 0.518. The van der Waals surface area contributed by atoms with Crippen molar-refractivity contribution in [3.63, 3.8) is 0 Å². The Morgan fingerprint density at radius 3 is 2.90 bits per heavy atom. The summed E-state index contributed by atoms with van der Waals surface area (Å²) in [4.78, 5) is 19.0. The molecule has 1 amide bonds. The van der Waals surface area contributed by atoms with Crippen molar-refractivity contribution in [3.8, 4) is 0 Å². The molecule has 0 spiro atoms. The van der Waals surface area contributed by atoms with Crippen LogP contribution in [0.15, 0.2) is 40.6 Å². The summed E-state index contributed by atoms with van der Waals surface area (Å²) in [6.07, 6.45) is 8.45. The van der Waals surface area contributed by atoms with E-state index in [1.165, 1.54) is 0 Å². The van der Waals surface area contributed by atoms with E-state index in [1.807, 2.05) is 18.2 Å². The number of allylic oxidation sites excluding steroid dienone is 5. The average Bonchev–Trinajstić information content (AvgIpc) is 2.84. The van der Waals surface area contributed by atoms with Gasteiger partial charge in [0.15, 0.2) is 0 Å². The Kier molecular flexibility index (Phi) is 3.75. The van der Waals surface area contributed by atoms with Gasteiger partial charge in [-0.05, 0) is 11.6 Å². The maximum atomic E-state index is 12.0. The largest absolute Gasteiger partial charge is 0.340 e. The van der Waals surface area contributed by atoms with E-state index < -0.39 is 0 Å². The first-order chi connectivity index (χ1) is 9.74. The molecule has 1 aliphatic carbocycles. The van der Waals surface area contributed by atoms with Crippen molar-refractivity contribution in [2.24, 2.45) is 4.99 Å². The lowest BCUT2D eigenvalue weighted by atomic mass is 10.0. The normalized spacial score (nSPS) is 24.8. The highest BCUT2D eigenvalue weighted by molar-refractivity contribution is 7.80. The fourth-order valence-corrected chi connectivity index (χ4v) is 2.55. The Balaban J connectivity index is 1.74. The number of rotatable bonds is 1. The Labute approximate surface area is 123 Å². The lowest BCUT2D eigenvalue weighted by Crippen LogP contribution is -2.49. The molecule has 1 fully saturated rings. The number of carbonyl (C=O) groups is 1. The highest BCUT2D eigenvalue weighted by Crippen LogP contribution is 2.15. The summed E-state index contributed by atoms with van der Waals surface area (Å²) in [5.41, 5.74) is 1.41. The molecule has 2 heterocycles. The molecule has 3 aliphatic rings. The number of thiocarbonyl (C=S) groups is 1. The zero-order chi connectivity index (χ0) is 13.9. The van der Waals surface area contributed by atoms with Crippen molar-refractivity contribution >= 4 is 28.9 Å². The van der Waals surface area contributed by atoms with E-state index in [1.54, 1.807) is 6.08 Å². The minimum absolute atomic E-state index is 0.225. The zero-order valence-electron chi connectivity index (χ0n) is 11.1. The Morgan fingerprint density at radius 2 is 2.15 bits per heavy atom. The van der Waals surface area contributed by atoms with Crippen molar-refractivity contribution < 1.29 is 4.79 Å². The third-order valence-electron chi connectivity index (χ3n) is 3.44. The fourth-order valence-electron chi connectivity index (χ4n) is 2.32. The molecule has 5 nitrogen and oxygen atoms in total. The highest BCUT2D eigenvalue weighted by Gasteiger charge is 2.25. The van der Waals surface area contributed by atoms with E-state index in [-0.39, 0.29) is 5.91 Å². The summed E-state index contributed by atoms with van der Waals surface area (Å²) in [5, 5.41) is 6.39. The van der Waals surface area contributed by atoms with Crippen LogP contribution in [0.2, 0.25) is 0 Å². The number of hydrogen-bond acceptors (Lipinski definition) is 5. The lowest BCUT2D eigenvalue weighted by molar-refractivity contribution is -0.114. The Bertz CT molecular complexity index is 568. The molecule has 20 heavy (non-hydrogen) atoms. The molecular weight excluding hydrogens is 272 g/mol. The van der Waals surface area contributed by atoms with E-state index in [0.29, 0.717) is 11.7 Å². The molecule has 104 valence electrons. The van der Waals surface area contributed by atoms with Crippen LogP contribution in [-0.2, 0) is 4.79 Å². The second-order valence-electron chi connectivity index (χ2n) is 4.84. The number of guanidine groups is 1. The van der Waals surface area contributed by atoms with Crippen LogP contribution in [0.5, 0.6) is 0 Å². The monoisotopic (exact) mass is 288 g/mol. The molecule has 0 unspecified atom stereocenters. The first-order valence-electron chi connectivity index (χ1n) is 6.71. The van der Waals surface area contributed by atoms with Gasteiger partial charge in [-0.3, -0.25) is 4.79 Å². The highest BCUT2D eigenvalue weighted by atomic mass is 32.1. The fraction of sp³-hybridized carbons (Fsp3) is 0.357. The molecule has 0 aromatic heterocycles. The third kappa shape index (κ3) is 2.71. The second kappa shape index (κ2) is 5.68.